The van der Waals surface area contributed by atoms with Crippen LogP contribution in [0.1, 0.15) is 25.7 Å². The van der Waals surface area contributed by atoms with Crippen molar-refractivity contribution in [2.45, 2.75) is 20.8 Å². The van der Waals surface area contributed by atoms with E-state index in [9.17, 15) is 9.90 Å². The molecule has 8 heteroatoms. The number of nitrogens with one attached hydrogen (secondary N) is 2. The van der Waals surface area contributed by atoms with Gasteiger partial charge in [-0.2, -0.15) is 0 Å². The van der Waals surface area contributed by atoms with Crippen LogP contribution in [0.4, 0.5) is 16.0 Å². The van der Waals surface area contributed by atoms with Crippen LogP contribution >= 0.6 is 22.7 Å². The minimum Gasteiger partial charge on any atom is -0.508 e. The van der Waals surface area contributed by atoms with Gasteiger partial charge in [-0.15, -0.1) is 11.3 Å². The molecule has 0 unspecified atom stereocenters. The molecule has 3 N–H and O–H groups in total. The molecule has 0 aliphatic heterocycles. The van der Waals surface area contributed by atoms with E-state index >= 15 is 0 Å². The number of thiazole rings is 2. The second-order valence-electron chi connectivity index (χ2n) is 5.29. The lowest BCUT2D eigenvalue weighted by molar-refractivity contribution is 0.103. The molecule has 0 atom stereocenters. The number of benzene rings is 1. The number of aryl methyl sites for hydroxylation is 2. The summed E-state index contributed by atoms with van der Waals surface area (Å²) in [6.45, 7) is 5.62. The summed E-state index contributed by atoms with van der Waals surface area (Å²) >= 11 is 2.77. The lowest BCUT2D eigenvalue weighted by Crippen LogP contribution is -2.12. The number of aromatic nitrogens is 2. The van der Waals surface area contributed by atoms with Crippen molar-refractivity contribution in [3.8, 4) is 5.75 Å². The molecule has 1 amide bonds. The van der Waals surface area contributed by atoms with Gasteiger partial charge in [0.05, 0.1) is 11.9 Å². The Morgan fingerprint density at radius 2 is 1.79 bits per heavy atom. The van der Waals surface area contributed by atoms with Crippen LogP contribution < -0.4 is 10.6 Å². The van der Waals surface area contributed by atoms with Crippen molar-refractivity contribution in [3.05, 3.63) is 45.4 Å². The normalized spacial score (nSPS) is 10.6. The molecule has 124 valence electrons. The molecular weight excluding hydrogens is 344 g/mol. The van der Waals surface area contributed by atoms with Crippen LogP contribution in [0.5, 0.6) is 5.75 Å². The zero-order valence-corrected chi connectivity index (χ0v) is 15.0. The highest BCUT2D eigenvalue weighted by atomic mass is 32.1. The summed E-state index contributed by atoms with van der Waals surface area (Å²) < 4.78 is 0. The predicted octanol–water partition coefficient (Wildman–Crippen LogP) is 4.23. The highest BCUT2D eigenvalue weighted by Crippen LogP contribution is 2.30. The molecule has 1 aromatic carbocycles. The van der Waals surface area contributed by atoms with Crippen molar-refractivity contribution >= 4 is 44.5 Å². The van der Waals surface area contributed by atoms with E-state index in [0.29, 0.717) is 21.3 Å². The standard InChI is InChI=1S/C16H16N4O2S2/c1-8-4-5-11(21)10(3)13(8)19-14(22)12-7-18-16(24-12)20-15-17-6-9(2)23-15/h4-7,21H,1-3H3,(H,19,22)(H,17,18,20). The van der Waals surface area contributed by atoms with E-state index in [1.807, 2.05) is 13.8 Å². The number of carbonyl (C=O) groups is 1. The van der Waals surface area contributed by atoms with E-state index in [-0.39, 0.29) is 11.7 Å². The SMILES string of the molecule is Cc1cnc(Nc2ncc(C(=O)Nc3c(C)ccc(O)c3C)s2)s1. The number of hydrogen-bond donors (Lipinski definition) is 3. The average Bonchev–Trinajstić information content (AvgIpc) is 3.17. The summed E-state index contributed by atoms with van der Waals surface area (Å²) in [4.78, 5) is 22.4. The highest BCUT2D eigenvalue weighted by molar-refractivity contribution is 7.18. The zero-order valence-electron chi connectivity index (χ0n) is 13.4. The second kappa shape index (κ2) is 6.58. The molecule has 24 heavy (non-hydrogen) atoms. The van der Waals surface area contributed by atoms with Crippen molar-refractivity contribution in [2.75, 3.05) is 10.6 Å². The molecule has 0 fully saturated rings. The summed E-state index contributed by atoms with van der Waals surface area (Å²) in [5, 5.41) is 17.1. The number of anilines is 3. The fourth-order valence-corrected chi connectivity index (χ4v) is 3.58. The van der Waals surface area contributed by atoms with E-state index in [4.69, 9.17) is 0 Å². The Morgan fingerprint density at radius 1 is 1.08 bits per heavy atom. The first-order chi connectivity index (χ1) is 11.4. The third kappa shape index (κ3) is 3.39. The molecule has 2 heterocycles. The first-order valence-corrected chi connectivity index (χ1v) is 8.83. The Labute approximate surface area is 147 Å². The van der Waals surface area contributed by atoms with E-state index in [2.05, 4.69) is 20.6 Å². The van der Waals surface area contributed by atoms with Crippen LogP contribution in [0.2, 0.25) is 0 Å². The summed E-state index contributed by atoms with van der Waals surface area (Å²) in [5.74, 6) is -0.102. The monoisotopic (exact) mass is 360 g/mol. The number of carbonyl (C=O) groups excluding carboxylic acids is 1. The van der Waals surface area contributed by atoms with Crippen LogP contribution in [0.15, 0.2) is 24.5 Å². The topological polar surface area (TPSA) is 87.1 Å². The molecule has 0 spiro atoms. The number of nitrogens with zero attached hydrogens (tertiary/aromatic N) is 2. The van der Waals surface area contributed by atoms with E-state index in [1.165, 1.54) is 28.9 Å². The van der Waals surface area contributed by atoms with Crippen molar-refractivity contribution in [3.63, 3.8) is 0 Å². The van der Waals surface area contributed by atoms with Gasteiger partial charge in [0.15, 0.2) is 10.3 Å². The highest BCUT2D eigenvalue weighted by Gasteiger charge is 2.15. The van der Waals surface area contributed by atoms with Gasteiger partial charge in [-0.3, -0.25) is 4.79 Å². The number of hydrogen-bond acceptors (Lipinski definition) is 7. The molecule has 6 nitrogen and oxygen atoms in total. The first kappa shape index (κ1) is 16.4. The Bertz CT molecular complexity index is 901. The van der Waals surface area contributed by atoms with E-state index < -0.39 is 0 Å². The van der Waals surface area contributed by atoms with Crippen LogP contribution in [-0.4, -0.2) is 21.0 Å². The Hall–Kier alpha value is -2.45. The summed E-state index contributed by atoms with van der Waals surface area (Å²) in [6.07, 6.45) is 3.30. The van der Waals surface area contributed by atoms with Gasteiger partial charge in [-0.25, -0.2) is 9.97 Å². The number of rotatable bonds is 4. The van der Waals surface area contributed by atoms with Gasteiger partial charge in [-0.1, -0.05) is 17.4 Å². The third-order valence-corrected chi connectivity index (χ3v) is 5.19. The van der Waals surface area contributed by atoms with Gasteiger partial charge in [0, 0.05) is 16.6 Å². The van der Waals surface area contributed by atoms with E-state index in [0.717, 1.165) is 15.6 Å². The minimum atomic E-state index is -0.257. The lowest BCUT2D eigenvalue weighted by atomic mass is 10.1. The second-order valence-corrected chi connectivity index (χ2v) is 7.55. The van der Waals surface area contributed by atoms with E-state index in [1.54, 1.807) is 25.3 Å². The first-order valence-electron chi connectivity index (χ1n) is 7.20. The maximum Gasteiger partial charge on any atom is 0.267 e. The van der Waals surface area contributed by atoms with Crippen molar-refractivity contribution in [1.29, 1.82) is 0 Å². The van der Waals surface area contributed by atoms with Crippen LogP contribution in [0.25, 0.3) is 0 Å². The molecule has 3 aromatic rings. The summed E-state index contributed by atoms with van der Waals surface area (Å²) in [6, 6.07) is 3.38. The van der Waals surface area contributed by atoms with Crippen LogP contribution in [-0.2, 0) is 0 Å². The van der Waals surface area contributed by atoms with Crippen molar-refractivity contribution in [1.82, 2.24) is 9.97 Å². The minimum absolute atomic E-state index is 0.154. The number of phenols is 1. The molecule has 0 bridgehead atoms. The van der Waals surface area contributed by atoms with Gasteiger partial charge < -0.3 is 15.7 Å². The third-order valence-electron chi connectivity index (χ3n) is 3.45. The van der Waals surface area contributed by atoms with Crippen LogP contribution in [0, 0.1) is 20.8 Å². The fourth-order valence-electron chi connectivity index (χ4n) is 2.14. The summed E-state index contributed by atoms with van der Waals surface area (Å²) in [5.41, 5.74) is 2.16. The maximum atomic E-state index is 12.4. The summed E-state index contributed by atoms with van der Waals surface area (Å²) in [7, 11) is 0. The smallest absolute Gasteiger partial charge is 0.267 e. The molecule has 3 rings (SSSR count). The number of phenolic OH excluding ortho intramolecular Hbond substituents is 1. The molecule has 0 saturated carbocycles. The quantitative estimate of drug-likeness (QED) is 0.648. The average molecular weight is 360 g/mol. The molecule has 0 radical (unpaired) electrons. The van der Waals surface area contributed by atoms with Gasteiger partial charge in [0.25, 0.3) is 5.91 Å². The Morgan fingerprint density at radius 3 is 2.50 bits per heavy atom. The molecule has 0 aliphatic carbocycles. The zero-order chi connectivity index (χ0) is 17.3. The van der Waals surface area contributed by atoms with Gasteiger partial charge in [-0.05, 0) is 32.4 Å². The van der Waals surface area contributed by atoms with Gasteiger partial charge in [0.1, 0.15) is 10.6 Å². The van der Waals surface area contributed by atoms with Crippen LogP contribution in [0.3, 0.4) is 0 Å². The number of amides is 1. The largest absolute Gasteiger partial charge is 0.508 e. The number of aromatic hydroxyl groups is 1. The maximum absolute atomic E-state index is 12.4. The van der Waals surface area contributed by atoms with Crippen molar-refractivity contribution in [2.24, 2.45) is 0 Å². The predicted molar refractivity (Wildman–Crippen MR) is 97.8 cm³/mol. The molecule has 0 saturated heterocycles. The Balaban J connectivity index is 1.76. The fraction of sp³-hybridized carbons (Fsp3) is 0.188. The molecular formula is C16H16N4O2S2. The van der Waals surface area contributed by atoms with Gasteiger partial charge in [0.2, 0.25) is 0 Å². The van der Waals surface area contributed by atoms with Crippen molar-refractivity contribution < 1.29 is 9.90 Å². The molecule has 0 aliphatic rings. The Kier molecular flexibility index (Phi) is 4.50. The molecule has 2 aromatic heterocycles. The lowest BCUT2D eigenvalue weighted by Gasteiger charge is -2.11. The van der Waals surface area contributed by atoms with Gasteiger partial charge >= 0.3 is 0 Å².